The molecular weight excluding hydrogens is 496 g/mol. The van der Waals surface area contributed by atoms with E-state index in [0.717, 1.165) is 41.7 Å². The third-order valence-corrected chi connectivity index (χ3v) is 7.16. The number of carbonyl (C=O) groups is 3. The number of carbonyl (C=O) groups excluding carboxylic acids is 3. The minimum atomic E-state index is -1.91. The molecule has 0 aromatic heterocycles. The molecule has 0 bridgehead atoms. The van der Waals surface area contributed by atoms with Gasteiger partial charge in [-0.1, -0.05) is 36.6 Å². The van der Waals surface area contributed by atoms with E-state index in [9.17, 15) is 14.4 Å². The van der Waals surface area contributed by atoms with Gasteiger partial charge in [-0.25, -0.2) is 10.3 Å². The van der Waals surface area contributed by atoms with Crippen molar-refractivity contribution in [3.63, 3.8) is 0 Å². The smallest absolute Gasteiger partial charge is 0.279 e. The second-order valence-corrected chi connectivity index (χ2v) is 9.95. The molecule has 4 N–H and O–H groups in total. The standard InChI is InChI=1S/C30H38N4O5/c1-6-22(12-13-23-14-16-24(17-15-23)30(31)18-19-30)11-10-21(2)26(35)34(5)29(3,27(36)32-4)28(37)33-39-25-9-7-8-20-38-25/h6,10-11,14-17,25H,2,7-9,18-20,31H2,1,3-5H3,(H,32,36)(H,33,37)/b11-10-,22-6+. The van der Waals surface area contributed by atoms with Crippen LogP contribution in [-0.2, 0) is 29.5 Å². The highest BCUT2D eigenvalue weighted by Gasteiger charge is 2.47. The largest absolute Gasteiger partial charge is 0.357 e. The van der Waals surface area contributed by atoms with Crippen LogP contribution < -0.4 is 16.5 Å². The molecule has 3 amide bonds. The average Bonchev–Trinajstić information content (AvgIpc) is 3.72. The zero-order chi connectivity index (χ0) is 28.6. The molecule has 2 aliphatic rings. The fourth-order valence-electron chi connectivity index (χ4n) is 4.02. The van der Waals surface area contributed by atoms with E-state index in [2.05, 4.69) is 29.2 Å². The molecule has 1 aromatic carbocycles. The Morgan fingerprint density at radius 3 is 2.46 bits per heavy atom. The molecule has 1 heterocycles. The van der Waals surface area contributed by atoms with Gasteiger partial charge in [0.1, 0.15) is 0 Å². The van der Waals surface area contributed by atoms with Crippen LogP contribution in [0.1, 0.15) is 57.1 Å². The summed E-state index contributed by atoms with van der Waals surface area (Å²) in [4.78, 5) is 45.4. The molecule has 1 saturated heterocycles. The summed E-state index contributed by atoms with van der Waals surface area (Å²) < 4.78 is 5.45. The van der Waals surface area contributed by atoms with Crippen LogP contribution in [-0.4, -0.2) is 55.2 Å². The molecule has 0 spiro atoms. The molecule has 2 atom stereocenters. The van der Waals surface area contributed by atoms with E-state index in [4.69, 9.17) is 15.3 Å². The van der Waals surface area contributed by atoms with Gasteiger partial charge in [-0.15, -0.1) is 0 Å². The van der Waals surface area contributed by atoms with E-state index in [1.54, 1.807) is 6.08 Å². The van der Waals surface area contributed by atoms with Crippen molar-refractivity contribution >= 4 is 17.7 Å². The highest BCUT2D eigenvalue weighted by Crippen LogP contribution is 2.42. The van der Waals surface area contributed by atoms with Crippen molar-refractivity contribution in [1.82, 2.24) is 15.7 Å². The molecule has 1 aliphatic carbocycles. The Labute approximate surface area is 230 Å². The van der Waals surface area contributed by atoms with Crippen molar-refractivity contribution in [3.05, 3.63) is 71.3 Å². The fourth-order valence-corrected chi connectivity index (χ4v) is 4.02. The van der Waals surface area contributed by atoms with Gasteiger partial charge in [0.15, 0.2) is 11.8 Å². The summed E-state index contributed by atoms with van der Waals surface area (Å²) in [5.41, 5.74) is 9.13. The van der Waals surface area contributed by atoms with Gasteiger partial charge in [0.25, 0.3) is 17.7 Å². The second kappa shape index (κ2) is 12.9. The molecule has 39 heavy (non-hydrogen) atoms. The number of nitrogens with zero attached hydrogens (tertiary/aromatic N) is 1. The van der Waals surface area contributed by atoms with E-state index in [-0.39, 0.29) is 11.1 Å². The monoisotopic (exact) mass is 534 g/mol. The first-order chi connectivity index (χ1) is 18.5. The molecule has 9 heteroatoms. The average molecular weight is 535 g/mol. The predicted molar refractivity (Wildman–Crippen MR) is 149 cm³/mol. The molecule has 2 unspecified atom stereocenters. The quantitative estimate of drug-likeness (QED) is 0.147. The van der Waals surface area contributed by atoms with Gasteiger partial charge < -0.3 is 20.7 Å². The number of likely N-dealkylation sites (N-methyl/N-ethyl adjacent to an activating group) is 2. The molecule has 208 valence electrons. The first-order valence-electron chi connectivity index (χ1n) is 13.1. The molecular formula is C30H38N4O5. The number of hydrogen-bond donors (Lipinski definition) is 3. The van der Waals surface area contributed by atoms with Crippen molar-refractivity contribution in [2.75, 3.05) is 20.7 Å². The maximum absolute atomic E-state index is 13.2. The van der Waals surface area contributed by atoms with Crippen LogP contribution in [0.25, 0.3) is 0 Å². The Morgan fingerprint density at radius 1 is 1.21 bits per heavy atom. The van der Waals surface area contributed by atoms with Gasteiger partial charge in [-0.05, 0) is 69.4 Å². The number of hydrogen-bond acceptors (Lipinski definition) is 6. The van der Waals surface area contributed by atoms with Crippen molar-refractivity contribution in [2.45, 2.75) is 63.3 Å². The summed E-state index contributed by atoms with van der Waals surface area (Å²) in [5.74, 6) is 4.08. The zero-order valence-electron chi connectivity index (χ0n) is 23.1. The Hall–Kier alpha value is -3.71. The van der Waals surface area contributed by atoms with Crippen LogP contribution in [0.5, 0.6) is 0 Å². The van der Waals surface area contributed by atoms with Crippen LogP contribution in [0.4, 0.5) is 0 Å². The van der Waals surface area contributed by atoms with Crippen LogP contribution >= 0.6 is 0 Å². The zero-order valence-corrected chi connectivity index (χ0v) is 23.1. The SMILES string of the molecule is C=C(/C=C\C(C#Cc1ccc(C2(N)CC2)cc1)=C/C)C(=O)N(C)C(C)(C(=O)NC)C(=O)NOC1CCCCO1. The summed E-state index contributed by atoms with van der Waals surface area (Å²) in [7, 11) is 2.75. The molecule has 0 radical (unpaired) electrons. The van der Waals surface area contributed by atoms with Crippen LogP contribution in [0.3, 0.4) is 0 Å². The van der Waals surface area contributed by atoms with Gasteiger partial charge in [-0.2, -0.15) is 0 Å². The number of benzene rings is 1. The van der Waals surface area contributed by atoms with E-state index in [1.165, 1.54) is 27.1 Å². The number of allylic oxidation sites excluding steroid dienone is 3. The van der Waals surface area contributed by atoms with E-state index in [0.29, 0.717) is 18.6 Å². The Bertz CT molecular complexity index is 1210. The summed E-state index contributed by atoms with van der Waals surface area (Å²) in [5, 5.41) is 2.44. The van der Waals surface area contributed by atoms with Gasteiger partial charge in [0.05, 0.1) is 0 Å². The third-order valence-electron chi connectivity index (χ3n) is 7.16. The number of ether oxygens (including phenoxy) is 1. The fraction of sp³-hybridized carbons (Fsp3) is 0.433. The van der Waals surface area contributed by atoms with Crippen molar-refractivity contribution < 1.29 is 24.0 Å². The second-order valence-electron chi connectivity index (χ2n) is 9.95. The molecule has 1 aliphatic heterocycles. The number of rotatable bonds is 9. The summed E-state index contributed by atoms with van der Waals surface area (Å²) >= 11 is 0. The summed E-state index contributed by atoms with van der Waals surface area (Å²) in [6.07, 6.45) is 8.80. The third kappa shape index (κ3) is 7.24. The molecule has 1 aromatic rings. The number of nitrogens with one attached hydrogen (secondary N) is 2. The number of hydroxylamine groups is 1. The Kier molecular flexibility index (Phi) is 9.86. The van der Waals surface area contributed by atoms with Crippen LogP contribution in [0, 0.1) is 11.8 Å². The van der Waals surface area contributed by atoms with Crippen molar-refractivity contribution in [1.29, 1.82) is 0 Å². The summed E-state index contributed by atoms with van der Waals surface area (Å²) in [6, 6.07) is 7.90. The highest BCUT2D eigenvalue weighted by atomic mass is 16.8. The lowest BCUT2D eigenvalue weighted by atomic mass is 9.97. The highest BCUT2D eigenvalue weighted by molar-refractivity contribution is 6.13. The van der Waals surface area contributed by atoms with E-state index < -0.39 is 29.6 Å². The van der Waals surface area contributed by atoms with Crippen LogP contribution in [0.2, 0.25) is 0 Å². The molecule has 9 nitrogen and oxygen atoms in total. The van der Waals surface area contributed by atoms with Gasteiger partial charge in [-0.3, -0.25) is 14.4 Å². The normalized spacial score (nSPS) is 19.7. The Morgan fingerprint density at radius 2 is 1.90 bits per heavy atom. The lowest BCUT2D eigenvalue weighted by molar-refractivity contribution is -0.205. The van der Waals surface area contributed by atoms with Gasteiger partial charge in [0.2, 0.25) is 0 Å². The minimum absolute atomic E-state index is 0.0696. The molecule has 3 rings (SSSR count). The number of nitrogens with two attached hydrogens (primary N) is 1. The topological polar surface area (TPSA) is 123 Å². The first kappa shape index (κ1) is 29.8. The lowest BCUT2D eigenvalue weighted by Crippen LogP contribution is -2.65. The minimum Gasteiger partial charge on any atom is -0.357 e. The maximum Gasteiger partial charge on any atom is 0.279 e. The summed E-state index contributed by atoms with van der Waals surface area (Å²) in [6.45, 7) is 7.54. The molecule has 2 fully saturated rings. The van der Waals surface area contributed by atoms with E-state index in [1.807, 2.05) is 37.3 Å². The van der Waals surface area contributed by atoms with E-state index >= 15 is 0 Å². The van der Waals surface area contributed by atoms with Crippen molar-refractivity contribution in [3.8, 4) is 11.8 Å². The van der Waals surface area contributed by atoms with Gasteiger partial charge >= 0.3 is 0 Å². The predicted octanol–water partition coefficient (Wildman–Crippen LogP) is 2.58. The first-order valence-corrected chi connectivity index (χ1v) is 13.1. The maximum atomic E-state index is 13.2. The molecule has 1 saturated carbocycles. The Balaban J connectivity index is 1.66. The van der Waals surface area contributed by atoms with Crippen LogP contribution in [0.15, 0.2) is 60.2 Å². The lowest BCUT2D eigenvalue weighted by Gasteiger charge is -2.36. The number of amides is 3. The van der Waals surface area contributed by atoms with Gasteiger partial charge in [0, 0.05) is 49.4 Å². The van der Waals surface area contributed by atoms with Crippen molar-refractivity contribution in [2.24, 2.45) is 5.73 Å².